The van der Waals surface area contributed by atoms with Crippen molar-refractivity contribution in [3.63, 3.8) is 0 Å². The second-order valence-corrected chi connectivity index (χ2v) is 11.0. The van der Waals surface area contributed by atoms with Crippen molar-refractivity contribution in [1.82, 2.24) is 5.32 Å². The van der Waals surface area contributed by atoms with Crippen LogP contribution in [0.4, 0.5) is 4.79 Å². The quantitative estimate of drug-likeness (QED) is 0.643. The number of ether oxygens (including phenoxy) is 2. The monoisotopic (exact) mass is 456 g/mol. The number of amides is 1. The highest BCUT2D eigenvalue weighted by Crippen LogP contribution is 2.61. The minimum atomic E-state index is -0.635. The van der Waals surface area contributed by atoms with Crippen LogP contribution >= 0.6 is 0 Å². The van der Waals surface area contributed by atoms with Crippen molar-refractivity contribution >= 4 is 6.09 Å². The largest absolute Gasteiger partial charge is 0.412 e. The van der Waals surface area contributed by atoms with Gasteiger partial charge in [-0.25, -0.2) is 4.79 Å². The molecule has 5 aliphatic rings. The van der Waals surface area contributed by atoms with Crippen LogP contribution in [0.3, 0.4) is 0 Å². The zero-order valence-electron chi connectivity index (χ0n) is 19.3. The van der Waals surface area contributed by atoms with Crippen LogP contribution in [0.15, 0.2) is 24.3 Å². The molecule has 180 valence electrons. The molecule has 33 heavy (non-hydrogen) atoms. The fraction of sp³-hybridized carbons (Fsp3) is 0.731. The predicted octanol–water partition coefficient (Wildman–Crippen LogP) is 4.61. The lowest BCUT2D eigenvalue weighted by Crippen LogP contribution is -2.54. The minimum absolute atomic E-state index is 0.330. The summed E-state index contributed by atoms with van der Waals surface area (Å²) in [6, 6.07) is 7.80. The summed E-state index contributed by atoms with van der Waals surface area (Å²) >= 11 is 0. The molecule has 1 heterocycles. The normalized spacial score (nSPS) is 41.4. The Labute approximate surface area is 195 Å². The molecule has 1 aromatic carbocycles. The van der Waals surface area contributed by atoms with Gasteiger partial charge in [0.2, 0.25) is 11.6 Å². The van der Waals surface area contributed by atoms with E-state index in [0.717, 1.165) is 49.9 Å². The zero-order valence-corrected chi connectivity index (χ0v) is 19.3. The molecule has 1 saturated heterocycles. The molecule has 0 radical (unpaired) electrons. The summed E-state index contributed by atoms with van der Waals surface area (Å²) in [5.41, 5.74) is 6.63. The molecule has 1 amide bonds. The maximum absolute atomic E-state index is 11.8. The van der Waals surface area contributed by atoms with E-state index in [-0.39, 0.29) is 0 Å². The van der Waals surface area contributed by atoms with E-state index in [4.69, 9.17) is 25.0 Å². The molecule has 1 aliphatic heterocycles. The first-order valence-electron chi connectivity index (χ1n) is 12.9. The van der Waals surface area contributed by atoms with Crippen molar-refractivity contribution in [2.24, 2.45) is 29.4 Å². The first-order chi connectivity index (χ1) is 16.1. The molecule has 1 aromatic rings. The Balaban J connectivity index is 1.13. The van der Waals surface area contributed by atoms with Crippen LogP contribution in [0.25, 0.3) is 0 Å². The average molecular weight is 457 g/mol. The van der Waals surface area contributed by atoms with Crippen LogP contribution in [0.1, 0.15) is 75.7 Å². The van der Waals surface area contributed by atoms with Gasteiger partial charge in [-0.2, -0.15) is 9.78 Å². The van der Waals surface area contributed by atoms with Crippen LogP contribution in [0, 0.1) is 23.7 Å². The van der Waals surface area contributed by atoms with E-state index >= 15 is 0 Å². The van der Waals surface area contributed by atoms with Gasteiger partial charge < -0.3 is 20.5 Å². The Morgan fingerprint density at radius 2 is 1.94 bits per heavy atom. The van der Waals surface area contributed by atoms with E-state index in [1.54, 1.807) is 0 Å². The van der Waals surface area contributed by atoms with Crippen molar-refractivity contribution in [1.29, 1.82) is 0 Å². The fourth-order valence-electron chi connectivity index (χ4n) is 7.45. The number of fused-ring (bicyclic) bond motifs is 3. The van der Waals surface area contributed by atoms with Crippen molar-refractivity contribution < 1.29 is 24.0 Å². The van der Waals surface area contributed by atoms with Gasteiger partial charge in [0.25, 0.3) is 0 Å². The maximum Gasteiger partial charge on any atom is 0.412 e. The Hall–Kier alpha value is -1.67. The lowest BCUT2D eigenvalue weighted by molar-refractivity contribution is -0.375. The third-order valence-corrected chi connectivity index (χ3v) is 8.96. The van der Waals surface area contributed by atoms with Gasteiger partial charge in [-0.3, -0.25) is 0 Å². The molecule has 4 aliphatic carbocycles. The number of carbonyl (C=O) groups excluding carboxylic acids is 1. The molecule has 7 nitrogen and oxygen atoms in total. The molecule has 7 heteroatoms. The highest BCUT2D eigenvalue weighted by molar-refractivity contribution is 5.70. The van der Waals surface area contributed by atoms with E-state index in [9.17, 15) is 4.79 Å². The van der Waals surface area contributed by atoms with Crippen LogP contribution in [-0.2, 0) is 14.5 Å². The number of rotatable bonds is 4. The van der Waals surface area contributed by atoms with Gasteiger partial charge >= 0.3 is 6.09 Å². The van der Waals surface area contributed by atoms with E-state index in [0.29, 0.717) is 30.7 Å². The summed E-state index contributed by atoms with van der Waals surface area (Å²) in [4.78, 5) is 24.1. The molecule has 3 bridgehead atoms. The van der Waals surface area contributed by atoms with Crippen LogP contribution in [-0.4, -0.2) is 30.8 Å². The fourth-order valence-corrected chi connectivity index (χ4v) is 7.45. The maximum atomic E-state index is 11.8. The molecule has 5 fully saturated rings. The van der Waals surface area contributed by atoms with Crippen LogP contribution in [0.2, 0.25) is 0 Å². The van der Waals surface area contributed by atoms with Gasteiger partial charge in [-0.05, 0) is 79.9 Å². The zero-order chi connectivity index (χ0) is 22.5. The van der Waals surface area contributed by atoms with Gasteiger partial charge in [0.15, 0.2) is 0 Å². The SMILES string of the molecule is NCCNC(=O)Oc1ccc(C2CCC[C@]3(C2)OO[C@@]2(CC4CCC5CC4CC2C5)O3)cc1. The number of benzene rings is 1. The molecule has 7 atom stereocenters. The lowest BCUT2D eigenvalue weighted by Gasteiger charge is -2.54. The summed E-state index contributed by atoms with van der Waals surface area (Å²) in [7, 11) is 0. The molecule has 2 spiro atoms. The van der Waals surface area contributed by atoms with Crippen LogP contribution < -0.4 is 15.8 Å². The summed E-state index contributed by atoms with van der Waals surface area (Å²) in [5.74, 6) is 2.61. The van der Waals surface area contributed by atoms with Crippen molar-refractivity contribution in [3.8, 4) is 5.75 Å². The molecule has 6 rings (SSSR count). The number of hydrogen-bond donors (Lipinski definition) is 2. The van der Waals surface area contributed by atoms with E-state index < -0.39 is 17.7 Å². The minimum Gasteiger partial charge on any atom is -0.410 e. The second-order valence-electron chi connectivity index (χ2n) is 11.0. The van der Waals surface area contributed by atoms with Crippen LogP contribution in [0.5, 0.6) is 5.75 Å². The molecule has 5 unspecified atom stereocenters. The number of nitrogens with two attached hydrogens (primary N) is 1. The van der Waals surface area contributed by atoms with Gasteiger partial charge in [-0.15, -0.1) is 0 Å². The molecule has 3 N–H and O–H groups in total. The van der Waals surface area contributed by atoms with E-state index in [2.05, 4.69) is 5.32 Å². The van der Waals surface area contributed by atoms with Crippen molar-refractivity contribution in [3.05, 3.63) is 29.8 Å². The first-order valence-corrected chi connectivity index (χ1v) is 12.9. The Kier molecular flexibility index (Phi) is 5.64. The third-order valence-electron chi connectivity index (χ3n) is 8.96. The Morgan fingerprint density at radius 1 is 1.06 bits per heavy atom. The molecule has 0 aromatic heterocycles. The highest BCUT2D eigenvalue weighted by Gasteiger charge is 2.63. The Bertz CT molecular complexity index is 876. The summed E-state index contributed by atoms with van der Waals surface area (Å²) in [6.07, 6.45) is 10.9. The molecule has 4 saturated carbocycles. The van der Waals surface area contributed by atoms with E-state index in [1.165, 1.54) is 37.7 Å². The molecular formula is C26H36N2O5. The molecular weight excluding hydrogens is 420 g/mol. The number of nitrogens with one attached hydrogen (secondary N) is 1. The smallest absolute Gasteiger partial charge is 0.410 e. The van der Waals surface area contributed by atoms with Gasteiger partial charge in [0.05, 0.1) is 0 Å². The Morgan fingerprint density at radius 3 is 2.79 bits per heavy atom. The van der Waals surface area contributed by atoms with Crippen molar-refractivity contribution in [2.45, 2.75) is 81.7 Å². The number of hydrogen-bond acceptors (Lipinski definition) is 6. The summed E-state index contributed by atoms with van der Waals surface area (Å²) in [6.45, 7) is 0.780. The topological polar surface area (TPSA) is 92.0 Å². The predicted molar refractivity (Wildman–Crippen MR) is 121 cm³/mol. The third kappa shape index (κ3) is 4.07. The first kappa shape index (κ1) is 21.8. The van der Waals surface area contributed by atoms with Crippen molar-refractivity contribution in [2.75, 3.05) is 13.1 Å². The van der Waals surface area contributed by atoms with Gasteiger partial charge in [-0.1, -0.05) is 18.6 Å². The second kappa shape index (κ2) is 8.52. The number of carbonyl (C=O) groups is 1. The summed E-state index contributed by atoms with van der Waals surface area (Å²) < 4.78 is 12.2. The standard InChI is InChI=1S/C26H36N2O5/c27-10-11-28-24(29)30-23-7-5-18(6-8-23)19-2-1-9-25(15-19)31-26(33-32-25)16-20-4-3-17-12-21(20)14-22(26)13-17/h5-8,17,19-22H,1-4,9-16,27H2,(H,28,29)/t17?,19?,20?,21?,22?,25-,26-/m1/s1. The van der Waals surface area contributed by atoms with Gasteiger partial charge in [0, 0.05) is 38.3 Å². The van der Waals surface area contributed by atoms with Gasteiger partial charge in [0.1, 0.15) is 5.75 Å². The summed E-state index contributed by atoms with van der Waals surface area (Å²) in [5, 5.41) is 2.61. The van der Waals surface area contributed by atoms with E-state index in [1.807, 2.05) is 24.3 Å². The highest BCUT2D eigenvalue weighted by atomic mass is 17.3. The average Bonchev–Trinajstić information content (AvgIpc) is 3.17. The lowest BCUT2D eigenvalue weighted by atomic mass is 9.55.